The molecule has 20 heavy (non-hydrogen) atoms. The molecular weight excluding hydrogens is 260 g/mol. The fourth-order valence-electron chi connectivity index (χ4n) is 2.75. The van der Waals surface area contributed by atoms with Crippen molar-refractivity contribution in [2.24, 2.45) is 11.8 Å². The predicted molar refractivity (Wildman–Crippen MR) is 71.9 cm³/mol. The Balaban J connectivity index is 1.84. The molecule has 1 unspecified atom stereocenters. The quantitative estimate of drug-likeness (QED) is 0.817. The van der Waals surface area contributed by atoms with E-state index in [1.54, 1.807) is 11.9 Å². The summed E-state index contributed by atoms with van der Waals surface area (Å²) in [4.78, 5) is 38.2. The number of hydrogen-bond acceptors (Lipinski definition) is 3. The Hall–Kier alpha value is -1.59. The van der Waals surface area contributed by atoms with Gasteiger partial charge in [0, 0.05) is 26.1 Å². The second-order valence-corrected chi connectivity index (χ2v) is 5.84. The second-order valence-electron chi connectivity index (χ2n) is 5.84. The van der Waals surface area contributed by atoms with Crippen molar-refractivity contribution in [2.45, 2.75) is 32.1 Å². The van der Waals surface area contributed by atoms with Crippen LogP contribution in [0.3, 0.4) is 0 Å². The Morgan fingerprint density at radius 1 is 1.15 bits per heavy atom. The summed E-state index contributed by atoms with van der Waals surface area (Å²) in [5.41, 5.74) is 0. The number of piperidine rings is 1. The first kappa shape index (κ1) is 14.8. The van der Waals surface area contributed by atoms with Crippen molar-refractivity contribution in [1.29, 1.82) is 0 Å². The minimum Gasteiger partial charge on any atom is -0.481 e. The number of amides is 2. The van der Waals surface area contributed by atoms with E-state index in [-0.39, 0.29) is 30.8 Å². The molecule has 0 bridgehead atoms. The maximum atomic E-state index is 12.1. The van der Waals surface area contributed by atoms with Crippen LogP contribution < -0.4 is 0 Å². The lowest BCUT2D eigenvalue weighted by Crippen LogP contribution is -2.48. The van der Waals surface area contributed by atoms with E-state index in [1.807, 2.05) is 0 Å². The van der Waals surface area contributed by atoms with E-state index in [2.05, 4.69) is 0 Å². The fourth-order valence-corrected chi connectivity index (χ4v) is 2.75. The van der Waals surface area contributed by atoms with Crippen molar-refractivity contribution in [3.05, 3.63) is 0 Å². The number of nitrogens with zero attached hydrogens (tertiary/aromatic N) is 2. The van der Waals surface area contributed by atoms with Crippen LogP contribution in [0.25, 0.3) is 0 Å². The Kier molecular flexibility index (Phi) is 4.62. The van der Waals surface area contributed by atoms with Crippen LogP contribution in [-0.2, 0) is 14.4 Å². The van der Waals surface area contributed by atoms with Gasteiger partial charge >= 0.3 is 5.97 Å². The lowest BCUT2D eigenvalue weighted by Gasteiger charge is -2.33. The molecule has 1 N–H and O–H groups in total. The van der Waals surface area contributed by atoms with Gasteiger partial charge in [-0.25, -0.2) is 0 Å². The van der Waals surface area contributed by atoms with Crippen molar-refractivity contribution < 1.29 is 19.5 Å². The van der Waals surface area contributed by atoms with Crippen molar-refractivity contribution in [2.75, 3.05) is 26.7 Å². The summed E-state index contributed by atoms with van der Waals surface area (Å²) in [6.45, 7) is 0.912. The van der Waals surface area contributed by atoms with Gasteiger partial charge < -0.3 is 14.9 Å². The van der Waals surface area contributed by atoms with E-state index < -0.39 is 11.9 Å². The predicted octanol–water partition coefficient (Wildman–Crippen LogP) is 0.568. The maximum absolute atomic E-state index is 12.1. The number of hydrogen-bond donors (Lipinski definition) is 1. The van der Waals surface area contributed by atoms with Crippen molar-refractivity contribution in [3.63, 3.8) is 0 Å². The molecular formula is C14H22N2O4. The lowest BCUT2D eigenvalue weighted by atomic mass is 9.84. The molecule has 0 spiro atoms. The minimum absolute atomic E-state index is 0.0383. The molecule has 0 aromatic rings. The molecule has 2 amide bonds. The summed E-state index contributed by atoms with van der Waals surface area (Å²) < 4.78 is 0. The lowest BCUT2D eigenvalue weighted by molar-refractivity contribution is -0.148. The highest BCUT2D eigenvalue weighted by molar-refractivity contribution is 5.86. The third-order valence-corrected chi connectivity index (χ3v) is 4.33. The van der Waals surface area contributed by atoms with E-state index in [0.29, 0.717) is 19.4 Å². The fraction of sp³-hybridized carbons (Fsp3) is 0.786. The smallest absolute Gasteiger partial charge is 0.308 e. The molecule has 2 aliphatic rings. The van der Waals surface area contributed by atoms with Crippen LogP contribution in [0.15, 0.2) is 0 Å². The highest BCUT2D eigenvalue weighted by Crippen LogP contribution is 2.27. The van der Waals surface area contributed by atoms with Crippen LogP contribution in [0.1, 0.15) is 32.1 Å². The molecule has 1 atom stereocenters. The highest BCUT2D eigenvalue weighted by Gasteiger charge is 2.31. The van der Waals surface area contributed by atoms with Gasteiger partial charge in [-0.1, -0.05) is 6.42 Å². The summed E-state index contributed by atoms with van der Waals surface area (Å²) in [6.07, 6.45) is 4.26. The zero-order valence-corrected chi connectivity index (χ0v) is 11.9. The average Bonchev–Trinajstić information content (AvgIpc) is 2.36. The first-order valence-electron chi connectivity index (χ1n) is 7.24. The monoisotopic (exact) mass is 282 g/mol. The maximum Gasteiger partial charge on any atom is 0.308 e. The molecule has 1 aliphatic heterocycles. The van der Waals surface area contributed by atoms with Gasteiger partial charge in [-0.2, -0.15) is 0 Å². The molecule has 112 valence electrons. The van der Waals surface area contributed by atoms with Crippen LogP contribution >= 0.6 is 0 Å². The Bertz CT molecular complexity index is 406. The highest BCUT2D eigenvalue weighted by atomic mass is 16.4. The van der Waals surface area contributed by atoms with E-state index in [4.69, 9.17) is 5.11 Å². The Morgan fingerprint density at radius 2 is 1.80 bits per heavy atom. The molecule has 2 rings (SSSR count). The molecule has 0 aromatic heterocycles. The normalized spacial score (nSPS) is 23.1. The number of rotatable bonds is 4. The largest absolute Gasteiger partial charge is 0.481 e. The third-order valence-electron chi connectivity index (χ3n) is 4.33. The van der Waals surface area contributed by atoms with E-state index in [9.17, 15) is 14.4 Å². The van der Waals surface area contributed by atoms with Gasteiger partial charge in [0.05, 0.1) is 12.5 Å². The topological polar surface area (TPSA) is 77.9 Å². The molecule has 1 saturated heterocycles. The van der Waals surface area contributed by atoms with Gasteiger partial charge in [-0.3, -0.25) is 14.4 Å². The van der Waals surface area contributed by atoms with Gasteiger partial charge in [-0.05, 0) is 25.7 Å². The SMILES string of the molecule is CN(CC(=O)N1CCCC(C(=O)O)C1)C(=O)C1CCC1. The number of carboxylic acid groups (broad SMARTS) is 1. The summed E-state index contributed by atoms with van der Waals surface area (Å²) >= 11 is 0. The summed E-state index contributed by atoms with van der Waals surface area (Å²) in [5.74, 6) is -1.34. The molecule has 6 nitrogen and oxygen atoms in total. The number of aliphatic carboxylic acids is 1. The van der Waals surface area contributed by atoms with Crippen LogP contribution in [0.2, 0.25) is 0 Å². The molecule has 1 aliphatic carbocycles. The van der Waals surface area contributed by atoms with Crippen LogP contribution in [0.4, 0.5) is 0 Å². The molecule has 1 heterocycles. The van der Waals surface area contributed by atoms with Crippen molar-refractivity contribution in [3.8, 4) is 0 Å². The van der Waals surface area contributed by atoms with E-state index in [0.717, 1.165) is 19.3 Å². The average molecular weight is 282 g/mol. The first-order chi connectivity index (χ1) is 9.49. The standard InChI is InChI=1S/C14H22N2O4/c1-15(13(18)10-4-2-5-10)9-12(17)16-7-3-6-11(8-16)14(19)20/h10-11H,2-9H2,1H3,(H,19,20). The minimum atomic E-state index is -0.846. The van der Waals surface area contributed by atoms with Gasteiger partial charge in [0.1, 0.15) is 0 Å². The molecule has 6 heteroatoms. The number of likely N-dealkylation sites (N-methyl/N-ethyl adjacent to an activating group) is 1. The Morgan fingerprint density at radius 3 is 2.35 bits per heavy atom. The van der Waals surface area contributed by atoms with Crippen LogP contribution in [0.5, 0.6) is 0 Å². The molecule has 0 radical (unpaired) electrons. The summed E-state index contributed by atoms with van der Waals surface area (Å²) in [7, 11) is 1.65. The zero-order valence-electron chi connectivity index (χ0n) is 11.9. The van der Waals surface area contributed by atoms with Gasteiger partial charge in [-0.15, -0.1) is 0 Å². The molecule has 0 aromatic carbocycles. The third kappa shape index (κ3) is 3.29. The summed E-state index contributed by atoms with van der Waals surface area (Å²) in [5, 5.41) is 9.02. The van der Waals surface area contributed by atoms with E-state index in [1.165, 1.54) is 4.90 Å². The van der Waals surface area contributed by atoms with Crippen LogP contribution in [0, 0.1) is 11.8 Å². The molecule has 2 fully saturated rings. The Labute approximate surface area is 118 Å². The number of likely N-dealkylation sites (tertiary alicyclic amines) is 1. The zero-order chi connectivity index (χ0) is 14.7. The van der Waals surface area contributed by atoms with Gasteiger partial charge in [0.2, 0.25) is 11.8 Å². The number of carbonyl (C=O) groups is 3. The number of carbonyl (C=O) groups excluding carboxylic acids is 2. The van der Waals surface area contributed by atoms with Gasteiger partial charge in [0.25, 0.3) is 0 Å². The van der Waals surface area contributed by atoms with Gasteiger partial charge in [0.15, 0.2) is 0 Å². The summed E-state index contributed by atoms with van der Waals surface area (Å²) in [6, 6.07) is 0. The molecule has 1 saturated carbocycles. The van der Waals surface area contributed by atoms with Crippen LogP contribution in [-0.4, -0.2) is 59.4 Å². The second kappa shape index (κ2) is 6.24. The van der Waals surface area contributed by atoms with Crippen molar-refractivity contribution in [1.82, 2.24) is 9.80 Å². The first-order valence-corrected chi connectivity index (χ1v) is 7.24. The number of carboxylic acids is 1. The van der Waals surface area contributed by atoms with E-state index >= 15 is 0 Å². The van der Waals surface area contributed by atoms with Crippen molar-refractivity contribution >= 4 is 17.8 Å².